The summed E-state index contributed by atoms with van der Waals surface area (Å²) in [6, 6.07) is 12.7. The molecule has 0 radical (unpaired) electrons. The van der Waals surface area contributed by atoms with Crippen LogP contribution in [0.15, 0.2) is 36.4 Å². The highest BCUT2D eigenvalue weighted by Crippen LogP contribution is 2.34. The number of fused-ring (bicyclic) bond motifs is 1. The van der Waals surface area contributed by atoms with E-state index in [0.717, 1.165) is 28.4 Å². The van der Waals surface area contributed by atoms with Crippen molar-refractivity contribution in [2.75, 3.05) is 24.6 Å². The third kappa shape index (κ3) is 4.37. The van der Waals surface area contributed by atoms with E-state index in [2.05, 4.69) is 39.9 Å². The number of amides is 1. The van der Waals surface area contributed by atoms with Crippen LogP contribution in [0.25, 0.3) is 10.2 Å². The van der Waals surface area contributed by atoms with Crippen molar-refractivity contribution in [2.45, 2.75) is 44.4 Å². The summed E-state index contributed by atoms with van der Waals surface area (Å²) in [5, 5.41) is 6.84. The van der Waals surface area contributed by atoms with E-state index >= 15 is 0 Å². The average molecular weight is 409 g/mol. The van der Waals surface area contributed by atoms with Crippen LogP contribution < -0.4 is 16.4 Å². The SMILES string of the molecule is CNc1ccc2c(N)c(C(=O)NCCc3ccc(C4CCCCC4)cc3)sc2n1. The van der Waals surface area contributed by atoms with Gasteiger partial charge in [-0.3, -0.25) is 4.79 Å². The van der Waals surface area contributed by atoms with E-state index in [0.29, 0.717) is 17.1 Å². The first-order chi connectivity index (χ1) is 14.2. The maximum absolute atomic E-state index is 12.6. The number of aromatic nitrogens is 1. The van der Waals surface area contributed by atoms with Crippen molar-refractivity contribution in [1.82, 2.24) is 10.3 Å². The molecule has 1 fully saturated rings. The van der Waals surface area contributed by atoms with E-state index < -0.39 is 0 Å². The molecule has 3 aromatic rings. The van der Waals surface area contributed by atoms with Gasteiger partial charge in [0, 0.05) is 19.0 Å². The zero-order valence-electron chi connectivity index (χ0n) is 16.8. The second kappa shape index (κ2) is 8.82. The smallest absolute Gasteiger partial charge is 0.263 e. The molecule has 4 N–H and O–H groups in total. The zero-order chi connectivity index (χ0) is 20.2. The van der Waals surface area contributed by atoms with Gasteiger partial charge < -0.3 is 16.4 Å². The van der Waals surface area contributed by atoms with Gasteiger partial charge in [-0.1, -0.05) is 43.5 Å². The molecule has 29 heavy (non-hydrogen) atoms. The average Bonchev–Trinajstić information content (AvgIpc) is 3.10. The van der Waals surface area contributed by atoms with Crippen molar-refractivity contribution in [3.05, 3.63) is 52.4 Å². The number of carbonyl (C=O) groups is 1. The minimum Gasteiger partial charge on any atom is -0.397 e. The molecule has 0 aliphatic heterocycles. The van der Waals surface area contributed by atoms with Crippen molar-refractivity contribution in [1.29, 1.82) is 0 Å². The molecule has 4 rings (SSSR count). The first-order valence-electron chi connectivity index (χ1n) is 10.4. The van der Waals surface area contributed by atoms with Gasteiger partial charge in [-0.05, 0) is 48.4 Å². The number of nitrogen functional groups attached to an aromatic ring is 1. The standard InChI is InChI=1S/C23H28N4OS/c1-25-19-12-11-18-20(24)21(29-23(18)27-19)22(28)26-14-13-15-7-9-17(10-8-15)16-5-3-2-4-6-16/h7-12,16H,2-6,13-14,24H2,1H3,(H,25,27)(H,26,28). The van der Waals surface area contributed by atoms with Crippen LogP contribution in [0.2, 0.25) is 0 Å². The first-order valence-corrected chi connectivity index (χ1v) is 11.2. The molecule has 0 spiro atoms. The van der Waals surface area contributed by atoms with Crippen molar-refractivity contribution in [2.24, 2.45) is 0 Å². The minimum atomic E-state index is -0.129. The van der Waals surface area contributed by atoms with E-state index in [9.17, 15) is 4.79 Å². The molecule has 2 aromatic heterocycles. The number of nitrogens with two attached hydrogens (primary N) is 1. The Bertz CT molecular complexity index is 990. The number of thiophene rings is 1. The Morgan fingerprint density at radius 3 is 2.62 bits per heavy atom. The number of hydrogen-bond acceptors (Lipinski definition) is 5. The van der Waals surface area contributed by atoms with E-state index in [-0.39, 0.29) is 5.91 Å². The number of pyridine rings is 1. The van der Waals surface area contributed by atoms with E-state index in [1.165, 1.54) is 54.6 Å². The quantitative estimate of drug-likeness (QED) is 0.540. The van der Waals surface area contributed by atoms with Crippen LogP contribution in [-0.2, 0) is 6.42 Å². The zero-order valence-corrected chi connectivity index (χ0v) is 17.6. The van der Waals surface area contributed by atoms with Crippen LogP contribution >= 0.6 is 11.3 Å². The van der Waals surface area contributed by atoms with Gasteiger partial charge in [-0.15, -0.1) is 11.3 Å². The second-order valence-corrected chi connectivity index (χ2v) is 8.73. The number of hydrogen-bond donors (Lipinski definition) is 3. The molecule has 0 atom stereocenters. The van der Waals surface area contributed by atoms with Crippen LogP contribution in [0.1, 0.15) is 58.8 Å². The van der Waals surface area contributed by atoms with Crippen molar-refractivity contribution < 1.29 is 4.79 Å². The van der Waals surface area contributed by atoms with Gasteiger partial charge in [0.05, 0.1) is 5.69 Å². The molecule has 1 aromatic carbocycles. The number of nitrogens with one attached hydrogen (secondary N) is 2. The fraction of sp³-hybridized carbons (Fsp3) is 0.391. The molecule has 1 saturated carbocycles. The number of rotatable bonds is 6. The fourth-order valence-electron chi connectivity index (χ4n) is 4.10. The van der Waals surface area contributed by atoms with Crippen LogP contribution in [0.5, 0.6) is 0 Å². The normalized spacial score (nSPS) is 14.8. The summed E-state index contributed by atoms with van der Waals surface area (Å²) in [7, 11) is 1.82. The lowest BCUT2D eigenvalue weighted by Gasteiger charge is -2.22. The summed E-state index contributed by atoms with van der Waals surface area (Å²) < 4.78 is 0. The van der Waals surface area contributed by atoms with Crippen LogP contribution in [-0.4, -0.2) is 24.5 Å². The molecule has 1 amide bonds. The molecule has 0 bridgehead atoms. The van der Waals surface area contributed by atoms with E-state index in [1.807, 2.05) is 19.2 Å². The fourth-order valence-corrected chi connectivity index (χ4v) is 5.11. The van der Waals surface area contributed by atoms with Crippen LogP contribution in [0.3, 0.4) is 0 Å². The molecule has 0 saturated heterocycles. The lowest BCUT2D eigenvalue weighted by atomic mass is 9.84. The predicted octanol–water partition coefficient (Wildman–Crippen LogP) is 4.94. The highest BCUT2D eigenvalue weighted by atomic mass is 32.1. The summed E-state index contributed by atoms with van der Waals surface area (Å²) in [5.74, 6) is 1.36. The Morgan fingerprint density at radius 1 is 1.14 bits per heavy atom. The molecule has 5 nitrogen and oxygen atoms in total. The lowest BCUT2D eigenvalue weighted by Crippen LogP contribution is -2.25. The number of anilines is 2. The summed E-state index contributed by atoms with van der Waals surface area (Å²) in [5.41, 5.74) is 9.41. The molecule has 1 aliphatic carbocycles. The topological polar surface area (TPSA) is 80.0 Å². The van der Waals surface area contributed by atoms with E-state index in [4.69, 9.17) is 5.73 Å². The van der Waals surface area contributed by atoms with Crippen LogP contribution in [0, 0.1) is 0 Å². The van der Waals surface area contributed by atoms with Gasteiger partial charge in [-0.25, -0.2) is 4.98 Å². The molecule has 0 unspecified atom stereocenters. The second-order valence-electron chi connectivity index (χ2n) is 7.73. The molecular formula is C23H28N4OS. The third-order valence-electron chi connectivity index (χ3n) is 5.81. The Kier molecular flexibility index (Phi) is 6.00. The highest BCUT2D eigenvalue weighted by Gasteiger charge is 2.18. The first kappa shape index (κ1) is 19.7. The van der Waals surface area contributed by atoms with E-state index in [1.54, 1.807) is 0 Å². The number of carbonyl (C=O) groups excluding carboxylic acids is 1. The Hall–Kier alpha value is -2.60. The molecular weight excluding hydrogens is 380 g/mol. The van der Waals surface area contributed by atoms with Gasteiger partial charge in [-0.2, -0.15) is 0 Å². The summed E-state index contributed by atoms with van der Waals surface area (Å²) >= 11 is 1.34. The van der Waals surface area contributed by atoms with Crippen molar-refractivity contribution >= 4 is 39.0 Å². The number of benzene rings is 1. The van der Waals surface area contributed by atoms with Gasteiger partial charge in [0.25, 0.3) is 5.91 Å². The Morgan fingerprint density at radius 2 is 1.90 bits per heavy atom. The monoisotopic (exact) mass is 408 g/mol. The molecule has 1 aliphatic rings. The lowest BCUT2D eigenvalue weighted by molar-refractivity contribution is 0.0959. The maximum atomic E-state index is 12.6. The largest absolute Gasteiger partial charge is 0.397 e. The van der Waals surface area contributed by atoms with Crippen molar-refractivity contribution in [3.8, 4) is 0 Å². The predicted molar refractivity (Wildman–Crippen MR) is 122 cm³/mol. The molecule has 152 valence electrons. The van der Waals surface area contributed by atoms with Gasteiger partial charge in [0.15, 0.2) is 0 Å². The Balaban J connectivity index is 1.35. The van der Waals surface area contributed by atoms with Gasteiger partial charge in [0.2, 0.25) is 0 Å². The minimum absolute atomic E-state index is 0.129. The molecule has 2 heterocycles. The van der Waals surface area contributed by atoms with Gasteiger partial charge in [0.1, 0.15) is 15.5 Å². The maximum Gasteiger partial charge on any atom is 0.263 e. The molecule has 6 heteroatoms. The van der Waals surface area contributed by atoms with Gasteiger partial charge >= 0.3 is 0 Å². The summed E-state index contributed by atoms with van der Waals surface area (Å²) in [4.78, 5) is 18.4. The number of nitrogens with zero attached hydrogens (tertiary/aromatic N) is 1. The Labute approximate surface area is 175 Å². The third-order valence-corrected chi connectivity index (χ3v) is 6.93. The summed E-state index contributed by atoms with van der Waals surface area (Å²) in [6.07, 6.45) is 7.53. The van der Waals surface area contributed by atoms with Crippen molar-refractivity contribution in [3.63, 3.8) is 0 Å². The summed E-state index contributed by atoms with van der Waals surface area (Å²) in [6.45, 7) is 0.588. The highest BCUT2D eigenvalue weighted by molar-refractivity contribution is 7.21. The van der Waals surface area contributed by atoms with Crippen LogP contribution in [0.4, 0.5) is 11.5 Å².